The van der Waals surface area contributed by atoms with Crippen molar-refractivity contribution < 1.29 is 14.7 Å². The highest BCUT2D eigenvalue weighted by Crippen LogP contribution is 2.42. The Balaban J connectivity index is 1.92. The van der Waals surface area contributed by atoms with Gasteiger partial charge in [-0.1, -0.05) is 17.7 Å². The first-order valence-electron chi connectivity index (χ1n) is 8.44. The van der Waals surface area contributed by atoms with Crippen LogP contribution >= 0.6 is 22.9 Å². The number of benzene rings is 1. The van der Waals surface area contributed by atoms with Crippen LogP contribution < -0.4 is 10.2 Å². The number of anilines is 1. The number of amides is 3. The summed E-state index contributed by atoms with van der Waals surface area (Å²) in [5.74, 6) is -0.718. The second kappa shape index (κ2) is 8.12. The molecule has 142 valence electrons. The number of hydrogen-bond acceptors (Lipinski definition) is 5. The van der Waals surface area contributed by atoms with Gasteiger partial charge < -0.3 is 15.3 Å². The van der Waals surface area contributed by atoms with Gasteiger partial charge in [-0.3, -0.25) is 4.79 Å². The number of halogens is 1. The highest BCUT2D eigenvalue weighted by molar-refractivity contribution is 7.11. The Morgan fingerprint density at radius 3 is 2.78 bits per heavy atom. The molecule has 1 aromatic heterocycles. The third-order valence-corrected chi connectivity index (χ3v) is 5.25. The van der Waals surface area contributed by atoms with Gasteiger partial charge in [-0.05, 0) is 56.7 Å². The van der Waals surface area contributed by atoms with E-state index < -0.39 is 11.9 Å². The zero-order valence-electron chi connectivity index (χ0n) is 15.0. The number of aliphatic hydroxyl groups is 1. The summed E-state index contributed by atoms with van der Waals surface area (Å²) in [7, 11) is 3.91. The number of nitrogens with zero attached hydrogens (tertiary/aromatic N) is 2. The Kier molecular flexibility index (Phi) is 5.84. The van der Waals surface area contributed by atoms with Gasteiger partial charge in [0.2, 0.25) is 0 Å². The number of nitrogens with one attached hydrogen (secondary N) is 1. The maximum atomic E-state index is 13.0. The Labute approximate surface area is 166 Å². The normalized spacial score (nSPS) is 15.3. The predicted octanol–water partition coefficient (Wildman–Crippen LogP) is 3.84. The van der Waals surface area contributed by atoms with Crippen molar-refractivity contribution in [3.8, 4) is 0 Å². The predicted molar refractivity (Wildman–Crippen MR) is 109 cm³/mol. The molecule has 0 radical (unpaired) electrons. The van der Waals surface area contributed by atoms with Crippen molar-refractivity contribution in [3.05, 3.63) is 51.2 Å². The number of fused-ring (bicyclic) bond motifs is 1. The van der Waals surface area contributed by atoms with Crippen LogP contribution in [0.2, 0.25) is 5.02 Å². The van der Waals surface area contributed by atoms with E-state index in [9.17, 15) is 14.7 Å². The molecule has 1 aromatic carbocycles. The Morgan fingerprint density at radius 1 is 1.33 bits per heavy atom. The van der Waals surface area contributed by atoms with Gasteiger partial charge in [-0.25, -0.2) is 9.69 Å². The summed E-state index contributed by atoms with van der Waals surface area (Å²) in [6.07, 6.45) is 0.761. The molecule has 0 aliphatic carbocycles. The van der Waals surface area contributed by atoms with Crippen LogP contribution in [0.1, 0.15) is 16.9 Å². The molecule has 0 fully saturated rings. The fourth-order valence-electron chi connectivity index (χ4n) is 2.88. The minimum atomic E-state index is -0.566. The average molecular weight is 406 g/mol. The molecular formula is C19H20ClN3O3S. The Morgan fingerprint density at radius 2 is 2.11 bits per heavy atom. The van der Waals surface area contributed by atoms with Gasteiger partial charge in [0.15, 0.2) is 0 Å². The molecule has 8 heteroatoms. The molecule has 6 nitrogen and oxygen atoms in total. The summed E-state index contributed by atoms with van der Waals surface area (Å²) in [6, 6.07) is 7.80. The van der Waals surface area contributed by atoms with E-state index in [1.165, 1.54) is 11.3 Å². The molecule has 0 atom stereocenters. The first kappa shape index (κ1) is 19.4. The van der Waals surface area contributed by atoms with Gasteiger partial charge in [0.25, 0.3) is 5.91 Å². The molecule has 1 aliphatic rings. The highest BCUT2D eigenvalue weighted by atomic mass is 35.5. The Hall–Kier alpha value is -2.35. The Bertz CT molecular complexity index is 894. The van der Waals surface area contributed by atoms with Crippen LogP contribution in [-0.4, -0.2) is 49.1 Å². The van der Waals surface area contributed by atoms with E-state index in [1.54, 1.807) is 35.7 Å². The molecule has 27 heavy (non-hydrogen) atoms. The largest absolute Gasteiger partial charge is 0.506 e. The lowest BCUT2D eigenvalue weighted by Crippen LogP contribution is -2.42. The SMILES string of the molecule is CN(C)CCCNC(=O)N1C(=O)C(=C(O)c2cccs2)c2cc(Cl)ccc21. The smallest absolute Gasteiger partial charge is 0.329 e. The average Bonchev–Trinajstić information content (AvgIpc) is 3.23. The molecule has 3 amide bonds. The quantitative estimate of drug-likeness (QED) is 0.450. The van der Waals surface area contributed by atoms with Crippen LogP contribution in [0.25, 0.3) is 11.3 Å². The molecule has 0 saturated heterocycles. The van der Waals surface area contributed by atoms with Crippen molar-refractivity contribution in [2.45, 2.75) is 6.42 Å². The van der Waals surface area contributed by atoms with E-state index in [0.29, 0.717) is 27.7 Å². The number of rotatable bonds is 5. The van der Waals surface area contributed by atoms with Crippen LogP contribution in [0.5, 0.6) is 0 Å². The monoisotopic (exact) mass is 405 g/mol. The van der Waals surface area contributed by atoms with E-state index in [1.807, 2.05) is 19.0 Å². The fourth-order valence-corrected chi connectivity index (χ4v) is 3.72. The first-order chi connectivity index (χ1) is 12.9. The summed E-state index contributed by atoms with van der Waals surface area (Å²) in [5, 5.41) is 15.6. The van der Waals surface area contributed by atoms with E-state index in [2.05, 4.69) is 5.32 Å². The molecular weight excluding hydrogens is 386 g/mol. The van der Waals surface area contributed by atoms with Gasteiger partial charge in [-0.15, -0.1) is 11.3 Å². The minimum Gasteiger partial charge on any atom is -0.506 e. The van der Waals surface area contributed by atoms with E-state index in [4.69, 9.17) is 11.6 Å². The minimum absolute atomic E-state index is 0.0818. The molecule has 1 aliphatic heterocycles. The molecule has 0 bridgehead atoms. The van der Waals surface area contributed by atoms with Crippen molar-refractivity contribution in [2.75, 3.05) is 32.1 Å². The number of carbonyl (C=O) groups is 2. The standard InChI is InChI=1S/C19H20ClN3O3S/c1-22(2)9-4-8-21-19(26)23-14-7-6-12(20)11-13(14)16(18(23)25)17(24)15-5-3-10-27-15/h3,5-7,10-11,24H,4,8-9H2,1-2H3,(H,21,26). The van der Waals surface area contributed by atoms with Crippen molar-refractivity contribution in [1.29, 1.82) is 0 Å². The second-order valence-corrected chi connectivity index (χ2v) is 7.78. The number of thiophene rings is 1. The van der Waals surface area contributed by atoms with Crippen molar-refractivity contribution >= 4 is 51.9 Å². The van der Waals surface area contributed by atoms with Crippen molar-refractivity contribution in [1.82, 2.24) is 10.2 Å². The van der Waals surface area contributed by atoms with Gasteiger partial charge in [-0.2, -0.15) is 0 Å². The van der Waals surface area contributed by atoms with Crippen LogP contribution in [-0.2, 0) is 4.79 Å². The lowest BCUT2D eigenvalue weighted by molar-refractivity contribution is -0.112. The van der Waals surface area contributed by atoms with Gasteiger partial charge >= 0.3 is 6.03 Å². The van der Waals surface area contributed by atoms with Crippen LogP contribution in [0.3, 0.4) is 0 Å². The van der Waals surface area contributed by atoms with Crippen molar-refractivity contribution in [3.63, 3.8) is 0 Å². The second-order valence-electron chi connectivity index (χ2n) is 6.39. The zero-order valence-corrected chi connectivity index (χ0v) is 16.6. The van der Waals surface area contributed by atoms with Crippen LogP contribution in [0, 0.1) is 0 Å². The molecule has 2 N–H and O–H groups in total. The molecule has 3 rings (SSSR count). The number of urea groups is 1. The number of imide groups is 1. The van der Waals surface area contributed by atoms with Gasteiger partial charge in [0, 0.05) is 17.1 Å². The molecule has 0 saturated carbocycles. The van der Waals surface area contributed by atoms with Gasteiger partial charge in [0.1, 0.15) is 5.76 Å². The lowest BCUT2D eigenvalue weighted by atomic mass is 10.1. The van der Waals surface area contributed by atoms with Crippen molar-refractivity contribution in [2.24, 2.45) is 0 Å². The first-order valence-corrected chi connectivity index (χ1v) is 9.70. The summed E-state index contributed by atoms with van der Waals surface area (Å²) in [6.45, 7) is 1.27. The fraction of sp³-hybridized carbons (Fsp3) is 0.263. The van der Waals surface area contributed by atoms with E-state index in [-0.39, 0.29) is 11.3 Å². The molecule has 2 heterocycles. The van der Waals surface area contributed by atoms with Gasteiger partial charge in [0.05, 0.1) is 16.1 Å². The number of carbonyl (C=O) groups excluding carboxylic acids is 2. The third kappa shape index (κ3) is 4.00. The molecule has 0 unspecified atom stereocenters. The van der Waals surface area contributed by atoms with Crippen LogP contribution in [0.15, 0.2) is 35.7 Å². The topological polar surface area (TPSA) is 72.9 Å². The maximum absolute atomic E-state index is 13.0. The summed E-state index contributed by atoms with van der Waals surface area (Å²) in [4.78, 5) is 29.3. The summed E-state index contributed by atoms with van der Waals surface area (Å²) in [5.41, 5.74) is 0.938. The maximum Gasteiger partial charge on any atom is 0.329 e. The highest BCUT2D eigenvalue weighted by Gasteiger charge is 2.39. The molecule has 0 spiro atoms. The zero-order chi connectivity index (χ0) is 19.6. The molecule has 2 aromatic rings. The third-order valence-electron chi connectivity index (χ3n) is 4.14. The van der Waals surface area contributed by atoms with E-state index >= 15 is 0 Å². The summed E-state index contributed by atoms with van der Waals surface area (Å²) < 4.78 is 0. The number of hydrogen-bond donors (Lipinski definition) is 2. The van der Waals surface area contributed by atoms with E-state index in [0.717, 1.165) is 17.9 Å². The summed E-state index contributed by atoms with van der Waals surface area (Å²) >= 11 is 7.40. The lowest BCUT2D eigenvalue weighted by Gasteiger charge is -2.17. The van der Waals surface area contributed by atoms with Crippen LogP contribution in [0.4, 0.5) is 10.5 Å². The number of aliphatic hydroxyl groups excluding tert-OH is 1.